The lowest BCUT2D eigenvalue weighted by Gasteiger charge is -2.27. The largest absolute Gasteiger partial charge is 0.313 e. The van der Waals surface area contributed by atoms with E-state index in [0.29, 0.717) is 29.7 Å². The molecule has 0 saturated carbocycles. The number of aryl methyl sites for hydroxylation is 1. The number of H-pyrrole nitrogens is 1. The second-order valence-corrected chi connectivity index (χ2v) is 8.24. The van der Waals surface area contributed by atoms with Crippen LogP contribution in [0.15, 0.2) is 28.0 Å². The minimum absolute atomic E-state index is 0.0598. The lowest BCUT2D eigenvalue weighted by molar-refractivity contribution is 0.103. The Kier molecular flexibility index (Phi) is 4.42. The minimum atomic E-state index is -3.35. The van der Waals surface area contributed by atoms with E-state index in [0.717, 1.165) is 0 Å². The molecule has 2 heterocycles. The molecule has 1 aromatic carbocycles. The molecule has 2 N–H and O–H groups in total. The van der Waals surface area contributed by atoms with Gasteiger partial charge in [0.05, 0.1) is 10.6 Å². The van der Waals surface area contributed by atoms with Crippen molar-refractivity contribution in [1.29, 1.82) is 0 Å². The van der Waals surface area contributed by atoms with Crippen molar-refractivity contribution in [3.8, 4) is 0 Å². The van der Waals surface area contributed by atoms with Crippen LogP contribution in [0.2, 0.25) is 0 Å². The number of carbonyl (C=O) groups is 1. The molecule has 1 aromatic heterocycles. The lowest BCUT2D eigenvalue weighted by atomic mass is 9.92. The molecule has 0 spiro atoms. The molecule has 0 aliphatic carbocycles. The fourth-order valence-corrected chi connectivity index (χ4v) is 5.09. The topological polar surface area (TPSA) is 101 Å². The molecule has 7 nitrogen and oxygen atoms in total. The highest BCUT2D eigenvalue weighted by atomic mass is 32.2. The summed E-state index contributed by atoms with van der Waals surface area (Å²) in [6.07, 6.45) is 1.86. The van der Waals surface area contributed by atoms with Crippen molar-refractivity contribution in [2.45, 2.75) is 37.8 Å². The van der Waals surface area contributed by atoms with Crippen LogP contribution in [-0.4, -0.2) is 36.8 Å². The van der Waals surface area contributed by atoms with Crippen LogP contribution >= 0.6 is 0 Å². The first-order valence-electron chi connectivity index (χ1n) is 8.18. The molecule has 3 rings (SSSR count). The van der Waals surface area contributed by atoms with E-state index >= 15 is 0 Å². The molecule has 25 heavy (non-hydrogen) atoms. The first-order valence-corrected chi connectivity index (χ1v) is 9.83. The number of fused-ring (bicyclic) bond motifs is 1. The van der Waals surface area contributed by atoms with Gasteiger partial charge in [-0.25, -0.2) is 8.42 Å². The van der Waals surface area contributed by atoms with Gasteiger partial charge in [0.25, 0.3) is 5.56 Å². The Bertz CT molecular complexity index is 1000. The molecule has 1 unspecified atom stereocenters. The van der Waals surface area contributed by atoms with E-state index in [2.05, 4.69) is 10.4 Å². The molecule has 2 aromatic rings. The summed E-state index contributed by atoms with van der Waals surface area (Å²) in [5.74, 6) is -0.316. The molecule has 134 valence electrons. The summed E-state index contributed by atoms with van der Waals surface area (Å²) in [6.45, 7) is 3.98. The number of aromatic nitrogens is 2. The fraction of sp³-hybridized carbons (Fsp3) is 0.412. The van der Waals surface area contributed by atoms with Crippen molar-refractivity contribution in [2.75, 3.05) is 12.8 Å². The Morgan fingerprint density at radius 2 is 2.08 bits per heavy atom. The number of sulfone groups is 1. The fourth-order valence-electron chi connectivity index (χ4n) is 3.42. The highest BCUT2D eigenvalue weighted by Gasteiger charge is 2.33. The van der Waals surface area contributed by atoms with Gasteiger partial charge in [-0.05, 0) is 50.6 Å². The smallest absolute Gasteiger partial charge is 0.277 e. The van der Waals surface area contributed by atoms with Crippen molar-refractivity contribution in [1.82, 2.24) is 15.1 Å². The molecule has 1 aliphatic rings. The Labute approximate surface area is 146 Å². The number of nitrogens with zero attached hydrogens (tertiary/aromatic N) is 1. The standard InChI is InChI=1S/C17H21N3O4S/c1-4-20-17(22)12(9-19-20)16(21)11-5-6-14-15(10(11)2)13(18-3)7-8-25(14,23)24/h5-6,9,13,18-19H,4,7-8H2,1-3H3. The van der Waals surface area contributed by atoms with Crippen molar-refractivity contribution in [3.63, 3.8) is 0 Å². The number of ketones is 1. The van der Waals surface area contributed by atoms with Gasteiger partial charge in [0.1, 0.15) is 5.56 Å². The lowest BCUT2D eigenvalue weighted by Crippen LogP contribution is -2.29. The third-order valence-electron chi connectivity index (χ3n) is 4.83. The van der Waals surface area contributed by atoms with Crippen LogP contribution in [0.5, 0.6) is 0 Å². The highest BCUT2D eigenvalue weighted by Crippen LogP contribution is 2.36. The summed E-state index contributed by atoms with van der Waals surface area (Å²) in [7, 11) is -1.58. The highest BCUT2D eigenvalue weighted by molar-refractivity contribution is 7.91. The maximum atomic E-state index is 12.9. The van der Waals surface area contributed by atoms with Crippen molar-refractivity contribution in [3.05, 3.63) is 50.9 Å². The van der Waals surface area contributed by atoms with E-state index in [4.69, 9.17) is 0 Å². The molecule has 1 atom stereocenters. The summed E-state index contributed by atoms with van der Waals surface area (Å²) in [5, 5.41) is 5.89. The first-order chi connectivity index (χ1) is 11.8. The van der Waals surface area contributed by atoms with Gasteiger partial charge in [-0.3, -0.25) is 14.3 Å². The predicted molar refractivity (Wildman–Crippen MR) is 93.8 cm³/mol. The third kappa shape index (κ3) is 2.75. The van der Waals surface area contributed by atoms with E-state index in [-0.39, 0.29) is 27.8 Å². The monoisotopic (exact) mass is 363 g/mol. The molecule has 0 bridgehead atoms. The Morgan fingerprint density at radius 1 is 1.36 bits per heavy atom. The number of aromatic amines is 1. The van der Waals surface area contributed by atoms with Gasteiger partial charge < -0.3 is 10.4 Å². The normalized spacial score (nSPS) is 18.8. The van der Waals surface area contributed by atoms with Gasteiger partial charge in [-0.15, -0.1) is 0 Å². The summed E-state index contributed by atoms with van der Waals surface area (Å²) < 4.78 is 26.1. The minimum Gasteiger partial charge on any atom is -0.313 e. The number of hydrogen-bond donors (Lipinski definition) is 2. The van der Waals surface area contributed by atoms with E-state index in [1.807, 2.05) is 0 Å². The van der Waals surface area contributed by atoms with Crippen molar-refractivity contribution >= 4 is 15.6 Å². The van der Waals surface area contributed by atoms with E-state index < -0.39 is 15.6 Å². The Balaban J connectivity index is 2.18. The second kappa shape index (κ2) is 6.27. The summed E-state index contributed by atoms with van der Waals surface area (Å²) in [4.78, 5) is 25.4. The quantitative estimate of drug-likeness (QED) is 0.794. The van der Waals surface area contributed by atoms with Crippen molar-refractivity contribution < 1.29 is 13.2 Å². The molecule has 0 radical (unpaired) electrons. The molecule has 0 fully saturated rings. The van der Waals surface area contributed by atoms with Crippen LogP contribution in [-0.2, 0) is 16.4 Å². The maximum Gasteiger partial charge on any atom is 0.277 e. The summed E-state index contributed by atoms with van der Waals surface area (Å²) >= 11 is 0. The predicted octanol–water partition coefficient (Wildman–Crippen LogP) is 1.17. The van der Waals surface area contributed by atoms with Gasteiger partial charge in [0, 0.05) is 24.3 Å². The van der Waals surface area contributed by atoms with Gasteiger partial charge >= 0.3 is 0 Å². The summed E-state index contributed by atoms with van der Waals surface area (Å²) in [6, 6.07) is 2.86. The van der Waals surface area contributed by atoms with Gasteiger partial charge in [-0.1, -0.05) is 0 Å². The van der Waals surface area contributed by atoms with Crippen LogP contribution in [0.25, 0.3) is 0 Å². The second-order valence-electron chi connectivity index (χ2n) is 6.16. The third-order valence-corrected chi connectivity index (χ3v) is 6.63. The van der Waals surface area contributed by atoms with Gasteiger partial charge in [0.2, 0.25) is 0 Å². The zero-order valence-corrected chi connectivity index (χ0v) is 15.2. The Hall–Kier alpha value is -2.19. The zero-order valence-electron chi connectivity index (χ0n) is 14.4. The van der Waals surface area contributed by atoms with Gasteiger partial charge in [-0.2, -0.15) is 0 Å². The van der Waals surface area contributed by atoms with Crippen LogP contribution in [0.1, 0.15) is 46.4 Å². The number of rotatable bonds is 4. The van der Waals surface area contributed by atoms with E-state index in [1.54, 1.807) is 20.9 Å². The molecular formula is C17H21N3O4S. The zero-order chi connectivity index (χ0) is 18.4. The molecule has 1 aliphatic heterocycles. The Morgan fingerprint density at radius 3 is 2.68 bits per heavy atom. The van der Waals surface area contributed by atoms with Crippen molar-refractivity contribution in [2.24, 2.45) is 0 Å². The van der Waals surface area contributed by atoms with Crippen LogP contribution in [0.3, 0.4) is 0 Å². The number of nitrogens with one attached hydrogen (secondary N) is 2. The number of benzene rings is 1. The molecule has 8 heteroatoms. The van der Waals surface area contributed by atoms with Gasteiger partial charge in [0.15, 0.2) is 15.6 Å². The maximum absolute atomic E-state index is 12.9. The van der Waals surface area contributed by atoms with E-state index in [1.165, 1.54) is 23.0 Å². The summed E-state index contributed by atoms with van der Waals surface area (Å²) in [5.41, 5.74) is 1.28. The average molecular weight is 363 g/mol. The average Bonchev–Trinajstić information content (AvgIpc) is 2.95. The van der Waals surface area contributed by atoms with E-state index in [9.17, 15) is 18.0 Å². The van der Waals surface area contributed by atoms with Crippen LogP contribution in [0.4, 0.5) is 0 Å². The van der Waals surface area contributed by atoms with Crippen LogP contribution < -0.4 is 10.9 Å². The SMILES string of the molecule is CCn1[nH]cc(C(=O)c2ccc3c(c2C)C(NC)CCS3(=O)=O)c1=O. The molecule has 0 amide bonds. The molecule has 0 saturated heterocycles. The first kappa shape index (κ1) is 17.6. The van der Waals surface area contributed by atoms with Crippen LogP contribution in [0, 0.1) is 6.92 Å². The molecular weight excluding hydrogens is 342 g/mol. The number of carbonyl (C=O) groups excluding carboxylic acids is 1. The number of hydrogen-bond acceptors (Lipinski definition) is 5.